The van der Waals surface area contributed by atoms with Crippen molar-refractivity contribution >= 4 is 59.2 Å². The highest BCUT2D eigenvalue weighted by Gasteiger charge is 2.70. The summed E-state index contributed by atoms with van der Waals surface area (Å²) in [6, 6.07) is 22.7. The second-order valence-corrected chi connectivity index (χ2v) is 15.1. The molecule has 14 heteroatoms. The van der Waals surface area contributed by atoms with Gasteiger partial charge in [-0.2, -0.15) is 5.01 Å². The summed E-state index contributed by atoms with van der Waals surface area (Å²) in [5.74, 6) is -6.31. The van der Waals surface area contributed by atoms with E-state index in [9.17, 15) is 33.9 Å². The average Bonchev–Trinajstić information content (AvgIpc) is 3.56. The minimum atomic E-state index is -1.82. The lowest BCUT2D eigenvalue weighted by Crippen LogP contribution is -2.55. The van der Waals surface area contributed by atoms with Gasteiger partial charge in [0.25, 0.3) is 11.8 Å². The fraction of sp³-hybridized carbons (Fsp3) is 0.220. The molecular weight excluding hydrogens is 728 g/mol. The van der Waals surface area contributed by atoms with E-state index in [4.69, 9.17) is 16.3 Å². The maximum Gasteiger partial charge on any atom is 0.488 e. The van der Waals surface area contributed by atoms with Crippen molar-refractivity contribution in [2.24, 2.45) is 29.6 Å². The number of nitrogens with zero attached hydrogens (tertiary/aromatic N) is 2. The zero-order valence-corrected chi connectivity index (χ0v) is 29.7. The van der Waals surface area contributed by atoms with Gasteiger partial charge >= 0.3 is 7.12 Å². The van der Waals surface area contributed by atoms with Crippen LogP contribution in [-0.2, 0) is 31.0 Å². The van der Waals surface area contributed by atoms with Crippen molar-refractivity contribution in [1.82, 2.24) is 5.01 Å². The number of carbonyl (C=O) groups excluding carboxylic acids is 4. The molecule has 6 unspecified atom stereocenters. The number of aromatic hydroxyl groups is 1. The van der Waals surface area contributed by atoms with E-state index in [0.29, 0.717) is 38.7 Å². The first-order valence-corrected chi connectivity index (χ1v) is 18.2. The summed E-state index contributed by atoms with van der Waals surface area (Å²) in [5, 5.41) is 31.5. The van der Waals surface area contributed by atoms with Gasteiger partial charge in [0.15, 0.2) is 0 Å². The molecule has 4 amide bonds. The molecule has 276 valence electrons. The summed E-state index contributed by atoms with van der Waals surface area (Å²) in [6.45, 7) is 0. The minimum absolute atomic E-state index is 0.0184. The Morgan fingerprint density at radius 3 is 2.40 bits per heavy atom. The van der Waals surface area contributed by atoms with Gasteiger partial charge in [0.1, 0.15) is 17.3 Å². The van der Waals surface area contributed by atoms with Crippen molar-refractivity contribution in [2.45, 2.75) is 24.7 Å². The van der Waals surface area contributed by atoms with Crippen LogP contribution in [0, 0.1) is 35.4 Å². The summed E-state index contributed by atoms with van der Waals surface area (Å²) < 4.78 is 20.1. The fourth-order valence-electron chi connectivity index (χ4n) is 9.55. The third kappa shape index (κ3) is 5.32. The van der Waals surface area contributed by atoms with Crippen LogP contribution in [0.5, 0.6) is 11.5 Å². The molecule has 9 rings (SSSR count). The highest BCUT2D eigenvalue weighted by atomic mass is 35.5. The second-order valence-electron chi connectivity index (χ2n) is 14.6. The molecule has 2 saturated heterocycles. The number of nitrogens with one attached hydrogen (secondary N) is 1. The number of allylic oxidation sites excluding steroid dienone is 3. The Balaban J connectivity index is 1.22. The zero-order chi connectivity index (χ0) is 38.3. The lowest BCUT2D eigenvalue weighted by molar-refractivity contribution is -0.139. The van der Waals surface area contributed by atoms with Gasteiger partial charge < -0.3 is 19.9 Å². The predicted octanol–water partition coefficient (Wildman–Crippen LogP) is 4.41. The number of hydrogen-bond donors (Lipinski definition) is 4. The number of anilines is 2. The van der Waals surface area contributed by atoms with Crippen LogP contribution in [0.15, 0.2) is 114 Å². The van der Waals surface area contributed by atoms with Gasteiger partial charge in [-0.3, -0.25) is 29.5 Å². The van der Waals surface area contributed by atoms with Crippen LogP contribution in [-0.4, -0.2) is 50.9 Å². The Morgan fingerprint density at radius 1 is 0.891 bits per heavy atom. The van der Waals surface area contributed by atoms with Crippen molar-refractivity contribution in [3.05, 3.63) is 136 Å². The summed E-state index contributed by atoms with van der Waals surface area (Å²) in [7, 11) is -1.82. The molecule has 3 fully saturated rings. The number of phenols is 1. The predicted molar refractivity (Wildman–Crippen MR) is 199 cm³/mol. The molecule has 4 aromatic rings. The van der Waals surface area contributed by atoms with Gasteiger partial charge in [-0.15, -0.1) is 0 Å². The molecule has 4 aromatic carbocycles. The molecule has 11 nitrogen and oxygen atoms in total. The lowest BCUT2D eigenvalue weighted by atomic mass is 9.48. The van der Waals surface area contributed by atoms with Gasteiger partial charge in [-0.25, -0.2) is 4.39 Å². The van der Waals surface area contributed by atoms with E-state index in [1.54, 1.807) is 48.7 Å². The van der Waals surface area contributed by atoms with Crippen molar-refractivity contribution in [3.8, 4) is 11.5 Å². The molecule has 0 bridgehead atoms. The van der Waals surface area contributed by atoms with Crippen molar-refractivity contribution in [1.29, 1.82) is 0 Å². The van der Waals surface area contributed by atoms with E-state index in [2.05, 4.69) is 5.43 Å². The van der Waals surface area contributed by atoms with E-state index in [0.717, 1.165) is 9.91 Å². The Hall–Kier alpha value is -5.76. The molecule has 0 aromatic heterocycles. The first kappa shape index (κ1) is 35.0. The summed E-state index contributed by atoms with van der Waals surface area (Å²) >= 11 is 6.38. The van der Waals surface area contributed by atoms with E-state index in [-0.39, 0.29) is 36.2 Å². The SMILES string of the molecule is O=C1C2CC3C(=CCC4C(=O)N(c5cccc(B(O)O)c5)C(=O)C43)C(C3=COc4ccc(O)cc4C3)C2(c2ccc(Cl)cc2)C(=O)N1Nc1ccc(F)cc1. The molecule has 1 saturated carbocycles. The molecule has 0 radical (unpaired) electrons. The third-order valence-electron chi connectivity index (χ3n) is 11.8. The summed E-state index contributed by atoms with van der Waals surface area (Å²) in [6.07, 6.45) is 3.92. The number of hydrogen-bond acceptors (Lipinski definition) is 9. The van der Waals surface area contributed by atoms with Crippen LogP contribution in [0.3, 0.4) is 0 Å². The lowest BCUT2D eigenvalue weighted by Gasteiger charge is -2.51. The molecule has 4 N–H and O–H groups in total. The third-order valence-corrected chi connectivity index (χ3v) is 12.1. The normalized spacial score (nSPS) is 26.7. The summed E-state index contributed by atoms with van der Waals surface area (Å²) in [4.78, 5) is 60.0. The molecule has 3 heterocycles. The van der Waals surface area contributed by atoms with Crippen molar-refractivity contribution in [3.63, 3.8) is 0 Å². The van der Waals surface area contributed by atoms with Crippen LogP contribution in [0.2, 0.25) is 5.02 Å². The van der Waals surface area contributed by atoms with Gasteiger partial charge in [0.05, 0.1) is 40.8 Å². The Kier molecular flexibility index (Phi) is 8.23. The highest BCUT2D eigenvalue weighted by Crippen LogP contribution is 2.63. The Morgan fingerprint density at radius 2 is 1.65 bits per heavy atom. The quantitative estimate of drug-likeness (QED) is 0.127. The summed E-state index contributed by atoms with van der Waals surface area (Å²) in [5.41, 5.74) is 4.43. The number of carbonyl (C=O) groups is 4. The van der Waals surface area contributed by atoms with E-state index in [1.807, 2.05) is 6.08 Å². The number of amides is 4. The van der Waals surface area contributed by atoms with E-state index in [1.165, 1.54) is 48.5 Å². The molecule has 5 aliphatic rings. The molecule has 6 atom stereocenters. The molecule has 0 spiro atoms. The van der Waals surface area contributed by atoms with Crippen LogP contribution < -0.4 is 20.5 Å². The largest absolute Gasteiger partial charge is 0.508 e. The van der Waals surface area contributed by atoms with Crippen LogP contribution >= 0.6 is 11.6 Å². The van der Waals surface area contributed by atoms with Gasteiger partial charge in [-0.05, 0) is 102 Å². The number of hydrazine groups is 1. The average molecular weight is 760 g/mol. The second kappa shape index (κ2) is 12.9. The van der Waals surface area contributed by atoms with Crippen LogP contribution in [0.1, 0.15) is 24.0 Å². The first-order chi connectivity index (χ1) is 26.5. The molecule has 2 aliphatic carbocycles. The number of imide groups is 2. The number of ether oxygens (including phenoxy) is 1. The van der Waals surface area contributed by atoms with Crippen molar-refractivity contribution in [2.75, 3.05) is 10.3 Å². The monoisotopic (exact) mass is 759 g/mol. The number of halogens is 2. The number of rotatable bonds is 6. The maximum atomic E-state index is 15.4. The van der Waals surface area contributed by atoms with E-state index >= 15 is 4.79 Å². The highest BCUT2D eigenvalue weighted by molar-refractivity contribution is 6.58. The van der Waals surface area contributed by atoms with Crippen molar-refractivity contribution < 1.29 is 43.5 Å². The molecular formula is C41H32BClFN3O8. The van der Waals surface area contributed by atoms with Crippen LogP contribution in [0.4, 0.5) is 15.8 Å². The smallest absolute Gasteiger partial charge is 0.488 e. The zero-order valence-electron chi connectivity index (χ0n) is 28.9. The van der Waals surface area contributed by atoms with E-state index < -0.39 is 71.6 Å². The first-order valence-electron chi connectivity index (χ1n) is 17.9. The van der Waals surface area contributed by atoms with Gasteiger partial charge in [0.2, 0.25) is 11.8 Å². The minimum Gasteiger partial charge on any atom is -0.508 e. The molecule has 3 aliphatic heterocycles. The Bertz CT molecular complexity index is 2370. The van der Waals surface area contributed by atoms with Gasteiger partial charge in [0, 0.05) is 22.9 Å². The standard InChI is InChI=1S/C41H32BClFN3O8/c43-25-6-4-23(5-7-25)41-33(38(50)47(40(41)52)45-27-10-8-26(44)9-11-27)19-32-30(36(41)22-16-21-17-29(48)12-15-34(21)55-20-22)13-14-31-35(32)39(51)46(37(31)49)28-3-1-2-24(18-28)42(53)54/h1-13,15,17-18,20,31-33,35-36,45,48,53-54H,14,16,19H2. The van der Waals surface area contributed by atoms with Crippen LogP contribution in [0.25, 0.3) is 0 Å². The number of benzene rings is 4. The molecule has 55 heavy (non-hydrogen) atoms. The topological polar surface area (TPSA) is 157 Å². The number of phenolic OH excluding ortho intramolecular Hbond substituents is 1. The van der Waals surface area contributed by atoms with Gasteiger partial charge in [-0.1, -0.05) is 47.5 Å². The maximum absolute atomic E-state index is 15.4. The number of fused-ring (bicyclic) bond motifs is 5. The Labute approximate surface area is 319 Å². The fourth-order valence-corrected chi connectivity index (χ4v) is 9.68.